The minimum Gasteiger partial charge on any atom is -0.381 e. The molecule has 2 aromatic carbocycles. The van der Waals surface area contributed by atoms with Crippen LogP contribution < -0.4 is 5.32 Å². The van der Waals surface area contributed by atoms with Gasteiger partial charge in [0.05, 0.1) is 4.47 Å². The number of aromatic nitrogens is 1. The van der Waals surface area contributed by atoms with E-state index >= 15 is 0 Å². The van der Waals surface area contributed by atoms with Gasteiger partial charge in [-0.3, -0.25) is 0 Å². The lowest BCUT2D eigenvalue weighted by Gasteiger charge is -2.11. The van der Waals surface area contributed by atoms with E-state index in [1.165, 1.54) is 11.5 Å². The third-order valence-corrected chi connectivity index (χ3v) is 3.98. The summed E-state index contributed by atoms with van der Waals surface area (Å²) in [6, 6.07) is 11.6. The molecule has 0 amide bonds. The Morgan fingerprint density at radius 2 is 2.05 bits per heavy atom. The van der Waals surface area contributed by atoms with E-state index < -0.39 is 0 Å². The number of aryl methyl sites for hydroxylation is 1. The highest BCUT2D eigenvalue weighted by Gasteiger charge is 2.05. The molecule has 0 aliphatic carbocycles. The van der Waals surface area contributed by atoms with Crippen LogP contribution in [-0.2, 0) is 6.54 Å². The molecule has 0 aliphatic rings. The van der Waals surface area contributed by atoms with E-state index in [4.69, 9.17) is 0 Å². The van der Waals surface area contributed by atoms with Gasteiger partial charge in [-0.25, -0.2) is 4.39 Å². The average Bonchev–Trinajstić information content (AvgIpc) is 2.89. The van der Waals surface area contributed by atoms with Crippen LogP contribution >= 0.6 is 15.9 Å². The van der Waals surface area contributed by atoms with Gasteiger partial charge in [0.1, 0.15) is 5.82 Å². The molecule has 0 saturated heterocycles. The Kier molecular flexibility index (Phi) is 3.49. The summed E-state index contributed by atoms with van der Waals surface area (Å²) in [5.41, 5.74) is 4.10. The van der Waals surface area contributed by atoms with E-state index in [2.05, 4.69) is 44.4 Å². The van der Waals surface area contributed by atoms with Crippen LogP contribution in [0.5, 0.6) is 0 Å². The minimum atomic E-state index is -0.252. The molecule has 20 heavy (non-hydrogen) atoms. The van der Waals surface area contributed by atoms with Gasteiger partial charge in [0.15, 0.2) is 0 Å². The summed E-state index contributed by atoms with van der Waals surface area (Å²) in [4.78, 5) is 3.19. The van der Waals surface area contributed by atoms with Crippen LogP contribution in [0.1, 0.15) is 11.1 Å². The topological polar surface area (TPSA) is 27.8 Å². The second-order valence-electron chi connectivity index (χ2n) is 4.83. The molecule has 0 spiro atoms. The van der Waals surface area contributed by atoms with Gasteiger partial charge >= 0.3 is 0 Å². The maximum atomic E-state index is 13.6. The first-order valence-corrected chi connectivity index (χ1v) is 7.18. The molecule has 2 nitrogen and oxygen atoms in total. The van der Waals surface area contributed by atoms with Crippen molar-refractivity contribution in [1.82, 2.24) is 4.98 Å². The Labute approximate surface area is 125 Å². The number of fused-ring (bicyclic) bond motifs is 1. The molecule has 0 saturated carbocycles. The highest BCUT2D eigenvalue weighted by Crippen LogP contribution is 2.24. The summed E-state index contributed by atoms with van der Waals surface area (Å²) in [6.45, 7) is 2.62. The molecular weight excluding hydrogens is 319 g/mol. The van der Waals surface area contributed by atoms with E-state index in [-0.39, 0.29) is 5.82 Å². The summed E-state index contributed by atoms with van der Waals surface area (Å²) in [6.07, 6.45) is 1.93. The van der Waals surface area contributed by atoms with Crippen LogP contribution in [0.15, 0.2) is 47.1 Å². The van der Waals surface area contributed by atoms with Crippen molar-refractivity contribution in [2.75, 3.05) is 5.32 Å². The fourth-order valence-corrected chi connectivity index (χ4v) is 2.70. The molecule has 1 aromatic heterocycles. The molecule has 4 heteroatoms. The summed E-state index contributed by atoms with van der Waals surface area (Å²) in [7, 11) is 0. The first-order chi connectivity index (χ1) is 9.63. The molecule has 0 aliphatic heterocycles. The Morgan fingerprint density at radius 3 is 2.90 bits per heavy atom. The van der Waals surface area contributed by atoms with Gasteiger partial charge < -0.3 is 10.3 Å². The van der Waals surface area contributed by atoms with Crippen LogP contribution in [-0.4, -0.2) is 4.98 Å². The van der Waals surface area contributed by atoms with Gasteiger partial charge in [0.25, 0.3) is 0 Å². The second kappa shape index (κ2) is 5.29. The van der Waals surface area contributed by atoms with Crippen LogP contribution in [0.3, 0.4) is 0 Å². The lowest BCUT2D eigenvalue weighted by atomic mass is 10.1. The standard InChI is InChI=1S/C16H14BrFN2/c1-10-6-13(17)14(18)8-15(10)20-9-11-2-3-12-4-5-19-16(12)7-11/h2-8,19-20H,9H2,1H3. The molecule has 1 heterocycles. The predicted octanol–water partition coefficient (Wildman–Crippen LogP) is 4.99. The number of H-pyrrole nitrogens is 1. The van der Waals surface area contributed by atoms with E-state index in [0.29, 0.717) is 11.0 Å². The maximum Gasteiger partial charge on any atom is 0.139 e. The summed E-state index contributed by atoms with van der Waals surface area (Å²) in [5, 5.41) is 4.47. The maximum absolute atomic E-state index is 13.6. The Hall–Kier alpha value is -1.81. The third kappa shape index (κ3) is 2.56. The number of anilines is 1. The predicted molar refractivity (Wildman–Crippen MR) is 84.5 cm³/mol. The monoisotopic (exact) mass is 332 g/mol. The quantitative estimate of drug-likeness (QED) is 0.694. The molecule has 0 atom stereocenters. The lowest BCUT2D eigenvalue weighted by Crippen LogP contribution is -2.01. The highest BCUT2D eigenvalue weighted by molar-refractivity contribution is 9.10. The third-order valence-electron chi connectivity index (χ3n) is 3.37. The molecule has 0 bridgehead atoms. The number of hydrogen-bond acceptors (Lipinski definition) is 1. The average molecular weight is 333 g/mol. The normalized spacial score (nSPS) is 10.9. The lowest BCUT2D eigenvalue weighted by molar-refractivity contribution is 0.621. The molecule has 3 aromatic rings. The van der Waals surface area contributed by atoms with Gasteiger partial charge in [-0.15, -0.1) is 0 Å². The van der Waals surface area contributed by atoms with Crippen LogP contribution in [0, 0.1) is 12.7 Å². The zero-order valence-corrected chi connectivity index (χ0v) is 12.6. The number of rotatable bonds is 3. The Morgan fingerprint density at radius 1 is 1.20 bits per heavy atom. The molecule has 2 N–H and O–H groups in total. The first-order valence-electron chi connectivity index (χ1n) is 6.39. The first kappa shape index (κ1) is 13.2. The van der Waals surface area contributed by atoms with Gasteiger partial charge in [0.2, 0.25) is 0 Å². The van der Waals surface area contributed by atoms with Crippen molar-refractivity contribution in [2.24, 2.45) is 0 Å². The van der Waals surface area contributed by atoms with Crippen molar-refractivity contribution in [1.29, 1.82) is 0 Å². The fraction of sp³-hybridized carbons (Fsp3) is 0.125. The van der Waals surface area contributed by atoms with Crippen molar-refractivity contribution in [3.63, 3.8) is 0 Å². The molecule has 0 fully saturated rings. The van der Waals surface area contributed by atoms with Gasteiger partial charge in [-0.2, -0.15) is 0 Å². The van der Waals surface area contributed by atoms with Gasteiger partial charge in [0, 0.05) is 23.9 Å². The van der Waals surface area contributed by atoms with E-state index in [9.17, 15) is 4.39 Å². The van der Waals surface area contributed by atoms with Crippen molar-refractivity contribution in [3.05, 3.63) is 64.0 Å². The van der Waals surface area contributed by atoms with Crippen LogP contribution in [0.2, 0.25) is 0 Å². The number of aromatic amines is 1. The zero-order valence-electron chi connectivity index (χ0n) is 11.0. The van der Waals surface area contributed by atoms with E-state index in [0.717, 1.165) is 22.3 Å². The summed E-state index contributed by atoms with van der Waals surface area (Å²) >= 11 is 3.19. The second-order valence-corrected chi connectivity index (χ2v) is 5.69. The van der Waals surface area contributed by atoms with E-state index in [1.807, 2.05) is 19.2 Å². The van der Waals surface area contributed by atoms with Crippen molar-refractivity contribution >= 4 is 32.5 Å². The van der Waals surface area contributed by atoms with Gasteiger partial charge in [-0.05, 0) is 63.6 Å². The Bertz CT molecular complexity index is 764. The minimum absolute atomic E-state index is 0.252. The Balaban J connectivity index is 1.80. The molecule has 0 radical (unpaired) electrons. The van der Waals surface area contributed by atoms with Crippen molar-refractivity contribution in [3.8, 4) is 0 Å². The smallest absolute Gasteiger partial charge is 0.139 e. The van der Waals surface area contributed by atoms with Crippen LogP contribution in [0.25, 0.3) is 10.9 Å². The largest absolute Gasteiger partial charge is 0.381 e. The number of nitrogens with one attached hydrogen (secondary N) is 2. The molecule has 102 valence electrons. The van der Waals surface area contributed by atoms with Crippen LogP contribution in [0.4, 0.5) is 10.1 Å². The number of hydrogen-bond donors (Lipinski definition) is 2. The van der Waals surface area contributed by atoms with Crippen molar-refractivity contribution < 1.29 is 4.39 Å². The molecule has 0 unspecified atom stereocenters. The SMILES string of the molecule is Cc1cc(Br)c(F)cc1NCc1ccc2cc[nH]c2c1. The fourth-order valence-electron chi connectivity index (χ4n) is 2.24. The van der Waals surface area contributed by atoms with E-state index in [1.54, 1.807) is 6.07 Å². The molecule has 3 rings (SSSR count). The number of benzene rings is 2. The van der Waals surface area contributed by atoms with Gasteiger partial charge in [-0.1, -0.05) is 12.1 Å². The summed E-state index contributed by atoms with van der Waals surface area (Å²) < 4.78 is 14.1. The highest BCUT2D eigenvalue weighted by atomic mass is 79.9. The zero-order chi connectivity index (χ0) is 14.1. The molecular formula is C16H14BrFN2. The van der Waals surface area contributed by atoms with Crippen molar-refractivity contribution in [2.45, 2.75) is 13.5 Å². The number of halogens is 2. The summed E-state index contributed by atoms with van der Waals surface area (Å²) in [5.74, 6) is -0.252.